The molecule has 1 aliphatic heterocycles. The van der Waals surface area contributed by atoms with Gasteiger partial charge in [-0.2, -0.15) is 0 Å². The first kappa shape index (κ1) is 26.5. The van der Waals surface area contributed by atoms with Gasteiger partial charge in [-0.15, -0.1) is 6.58 Å². The third-order valence-electron chi connectivity index (χ3n) is 5.64. The average molecular weight is 495 g/mol. The fourth-order valence-corrected chi connectivity index (χ4v) is 3.72. The molecule has 0 saturated heterocycles. The van der Waals surface area contributed by atoms with Crippen LogP contribution in [0.2, 0.25) is 0 Å². The van der Waals surface area contributed by atoms with Gasteiger partial charge in [-0.1, -0.05) is 30.3 Å². The summed E-state index contributed by atoms with van der Waals surface area (Å²) in [7, 11) is 2.86. The lowest BCUT2D eigenvalue weighted by molar-refractivity contribution is -0.140. The van der Waals surface area contributed by atoms with Gasteiger partial charge in [0.15, 0.2) is 0 Å². The van der Waals surface area contributed by atoms with Crippen LogP contribution in [0.1, 0.15) is 34.5 Å². The van der Waals surface area contributed by atoms with Gasteiger partial charge in [0.2, 0.25) is 0 Å². The number of amides is 2. The number of hydrogen-bond acceptors (Lipinski definition) is 7. The SMILES string of the molecule is C=CCN1C(=O)NC(c2ccc(OCc3ccc(C(=O)OC)cc3)cc2)C(C(=O)OCCOC)=C1C. The van der Waals surface area contributed by atoms with Crippen molar-refractivity contribution < 1.29 is 33.3 Å². The summed E-state index contributed by atoms with van der Waals surface area (Å²) in [6.45, 7) is 6.32. The van der Waals surface area contributed by atoms with Crippen molar-refractivity contribution in [3.05, 3.63) is 89.1 Å². The molecule has 0 fully saturated rings. The maximum Gasteiger partial charge on any atom is 0.338 e. The van der Waals surface area contributed by atoms with Gasteiger partial charge in [-0.3, -0.25) is 4.90 Å². The first-order valence-electron chi connectivity index (χ1n) is 11.3. The molecule has 9 nitrogen and oxygen atoms in total. The van der Waals surface area contributed by atoms with Gasteiger partial charge in [-0.25, -0.2) is 14.4 Å². The Kier molecular flexibility index (Phi) is 9.24. The molecule has 2 amide bonds. The molecule has 3 rings (SSSR count). The molecule has 1 N–H and O–H groups in total. The van der Waals surface area contributed by atoms with Crippen LogP contribution in [-0.2, 0) is 25.6 Å². The minimum absolute atomic E-state index is 0.0988. The van der Waals surface area contributed by atoms with E-state index in [2.05, 4.69) is 11.9 Å². The van der Waals surface area contributed by atoms with Crippen molar-refractivity contribution in [1.29, 1.82) is 0 Å². The first-order valence-corrected chi connectivity index (χ1v) is 11.3. The molecule has 0 spiro atoms. The topological polar surface area (TPSA) is 103 Å². The van der Waals surface area contributed by atoms with Gasteiger partial charge in [0.1, 0.15) is 19.0 Å². The number of benzene rings is 2. The second-order valence-electron chi connectivity index (χ2n) is 7.96. The van der Waals surface area contributed by atoms with Crippen LogP contribution < -0.4 is 10.1 Å². The fourth-order valence-electron chi connectivity index (χ4n) is 3.72. The third-order valence-corrected chi connectivity index (χ3v) is 5.64. The van der Waals surface area contributed by atoms with Crippen molar-refractivity contribution in [2.45, 2.75) is 19.6 Å². The molecule has 2 aromatic rings. The van der Waals surface area contributed by atoms with E-state index in [1.54, 1.807) is 61.5 Å². The van der Waals surface area contributed by atoms with Crippen molar-refractivity contribution in [1.82, 2.24) is 10.2 Å². The second-order valence-corrected chi connectivity index (χ2v) is 7.96. The summed E-state index contributed by atoms with van der Waals surface area (Å²) >= 11 is 0. The zero-order valence-electron chi connectivity index (χ0n) is 20.6. The molecule has 0 aromatic heterocycles. The summed E-state index contributed by atoms with van der Waals surface area (Å²) in [5.41, 5.74) is 2.89. The van der Waals surface area contributed by atoms with Crippen molar-refractivity contribution in [2.75, 3.05) is 34.0 Å². The van der Waals surface area contributed by atoms with E-state index in [1.165, 1.54) is 19.1 Å². The molecule has 2 aromatic carbocycles. The number of carbonyl (C=O) groups excluding carboxylic acids is 3. The van der Waals surface area contributed by atoms with E-state index in [9.17, 15) is 14.4 Å². The molecule has 1 heterocycles. The number of nitrogens with one attached hydrogen (secondary N) is 1. The van der Waals surface area contributed by atoms with E-state index in [1.807, 2.05) is 0 Å². The predicted molar refractivity (Wildman–Crippen MR) is 132 cm³/mol. The number of allylic oxidation sites excluding steroid dienone is 1. The van der Waals surface area contributed by atoms with E-state index in [0.29, 0.717) is 34.8 Å². The minimum atomic E-state index is -0.687. The number of nitrogens with zero attached hydrogens (tertiary/aromatic N) is 1. The van der Waals surface area contributed by atoms with Crippen LogP contribution in [0.15, 0.2) is 72.5 Å². The lowest BCUT2D eigenvalue weighted by Gasteiger charge is -2.35. The Labute approximate surface area is 210 Å². The van der Waals surface area contributed by atoms with Crippen molar-refractivity contribution in [3.63, 3.8) is 0 Å². The number of methoxy groups -OCH3 is 2. The molecule has 0 saturated carbocycles. The van der Waals surface area contributed by atoms with Crippen LogP contribution in [0.3, 0.4) is 0 Å². The zero-order valence-corrected chi connectivity index (χ0v) is 20.6. The number of carbonyl (C=O) groups is 3. The van der Waals surface area contributed by atoms with Crippen molar-refractivity contribution >= 4 is 18.0 Å². The molecule has 1 unspecified atom stereocenters. The molecule has 9 heteroatoms. The van der Waals surface area contributed by atoms with Crippen LogP contribution in [0.25, 0.3) is 0 Å². The lowest BCUT2D eigenvalue weighted by Crippen LogP contribution is -2.48. The smallest absolute Gasteiger partial charge is 0.338 e. The number of rotatable bonds is 11. The average Bonchev–Trinajstić information content (AvgIpc) is 2.89. The summed E-state index contributed by atoms with van der Waals surface area (Å²) in [4.78, 5) is 38.7. The molecule has 0 bridgehead atoms. The van der Waals surface area contributed by atoms with Gasteiger partial charge >= 0.3 is 18.0 Å². The Bertz CT molecular complexity index is 1120. The summed E-state index contributed by atoms with van der Waals surface area (Å²) in [6.07, 6.45) is 1.59. The first-order chi connectivity index (χ1) is 17.4. The van der Waals surface area contributed by atoms with Gasteiger partial charge in [0.25, 0.3) is 0 Å². The Morgan fingerprint density at radius 1 is 1.03 bits per heavy atom. The van der Waals surface area contributed by atoms with E-state index < -0.39 is 18.0 Å². The molecular formula is C27H30N2O7. The molecular weight excluding hydrogens is 464 g/mol. The highest BCUT2D eigenvalue weighted by Crippen LogP contribution is 2.32. The Morgan fingerprint density at radius 3 is 2.33 bits per heavy atom. The predicted octanol–water partition coefficient (Wildman–Crippen LogP) is 3.77. The normalized spacial score (nSPS) is 15.2. The summed E-state index contributed by atoms with van der Waals surface area (Å²) < 4.78 is 20.9. The minimum Gasteiger partial charge on any atom is -0.489 e. The van der Waals surface area contributed by atoms with Crippen LogP contribution >= 0.6 is 0 Å². The summed E-state index contributed by atoms with van der Waals surface area (Å²) in [5.74, 6) is -0.317. The van der Waals surface area contributed by atoms with Crippen LogP contribution in [0.5, 0.6) is 5.75 Å². The second kappa shape index (κ2) is 12.6. The van der Waals surface area contributed by atoms with Crippen molar-refractivity contribution in [3.8, 4) is 5.75 Å². The highest BCUT2D eigenvalue weighted by Gasteiger charge is 2.36. The highest BCUT2D eigenvalue weighted by atomic mass is 16.6. The molecule has 0 aliphatic carbocycles. The van der Waals surface area contributed by atoms with Crippen LogP contribution in [0.4, 0.5) is 4.79 Å². The Hall–Kier alpha value is -4.11. The molecule has 1 atom stereocenters. The monoisotopic (exact) mass is 494 g/mol. The number of esters is 2. The molecule has 0 radical (unpaired) electrons. The Morgan fingerprint density at radius 2 is 1.72 bits per heavy atom. The van der Waals surface area contributed by atoms with Crippen LogP contribution in [-0.4, -0.2) is 56.8 Å². The number of urea groups is 1. The van der Waals surface area contributed by atoms with E-state index in [-0.39, 0.29) is 25.8 Å². The maximum atomic E-state index is 12.9. The van der Waals surface area contributed by atoms with Crippen molar-refractivity contribution in [2.24, 2.45) is 0 Å². The maximum absolute atomic E-state index is 12.9. The van der Waals surface area contributed by atoms with E-state index >= 15 is 0 Å². The fraction of sp³-hybridized carbons (Fsp3) is 0.296. The molecule has 1 aliphatic rings. The lowest BCUT2D eigenvalue weighted by atomic mass is 9.95. The zero-order chi connectivity index (χ0) is 26.1. The van der Waals surface area contributed by atoms with Gasteiger partial charge in [0, 0.05) is 19.4 Å². The standard InChI is InChI=1S/C27H30N2O7/c1-5-14-29-18(2)23(26(31)35-16-15-33-3)24(28-27(29)32)20-10-12-22(13-11-20)36-17-19-6-8-21(9-7-19)25(30)34-4/h5-13,24H,1,14-17H2,2-4H3,(H,28,32). The largest absolute Gasteiger partial charge is 0.489 e. The quantitative estimate of drug-likeness (QED) is 0.288. The number of ether oxygens (including phenoxy) is 4. The number of hydrogen-bond donors (Lipinski definition) is 1. The van der Waals surface area contributed by atoms with E-state index in [0.717, 1.165) is 5.56 Å². The third kappa shape index (κ3) is 6.31. The summed E-state index contributed by atoms with van der Waals surface area (Å²) in [5, 5.41) is 2.89. The van der Waals surface area contributed by atoms with E-state index in [4.69, 9.17) is 18.9 Å². The molecule has 190 valence electrons. The Balaban J connectivity index is 1.76. The summed E-state index contributed by atoms with van der Waals surface area (Å²) in [6, 6.07) is 13.0. The van der Waals surface area contributed by atoms with Gasteiger partial charge in [0.05, 0.1) is 30.9 Å². The molecule has 36 heavy (non-hydrogen) atoms. The van der Waals surface area contributed by atoms with Gasteiger partial charge in [-0.05, 0) is 42.3 Å². The van der Waals surface area contributed by atoms with Gasteiger partial charge < -0.3 is 24.3 Å². The highest BCUT2D eigenvalue weighted by molar-refractivity contribution is 5.95. The van der Waals surface area contributed by atoms with Crippen LogP contribution in [0, 0.1) is 0 Å².